The number of aromatic nitrogens is 4. The molecule has 4 atom stereocenters. The maximum absolute atomic E-state index is 13.6. The number of thiazole rings is 1. The van der Waals surface area contributed by atoms with Gasteiger partial charge in [-0.1, -0.05) is 49.4 Å². The molecule has 0 saturated heterocycles. The first-order valence-corrected chi connectivity index (χ1v) is 23.4. The number of carbonyl (C=O) groups is 2. The van der Waals surface area contributed by atoms with Crippen LogP contribution >= 0.6 is 18.9 Å². The van der Waals surface area contributed by atoms with E-state index in [0.29, 0.717) is 80.2 Å². The van der Waals surface area contributed by atoms with Crippen LogP contribution in [-0.2, 0) is 28.8 Å². The molecule has 1 amide bonds. The maximum atomic E-state index is 13.6. The number of ether oxygens (including phenoxy) is 1. The van der Waals surface area contributed by atoms with Crippen LogP contribution in [0.25, 0.3) is 21.3 Å². The SMILES string of the molecule is Cc1c(-c2ccc(N3CCc4cccc(C(=O)Nc5nc6ccccc6s5)c4C3)nc2C(=O)O)cnn1CC12CC(C)CC(C)(CC(OCCNCCCP(=O)(O)O)C1)C2. The molecule has 0 radical (unpaired) electrons. The molecule has 8 rings (SSSR count). The highest BCUT2D eigenvalue weighted by Gasteiger charge is 2.51. The summed E-state index contributed by atoms with van der Waals surface area (Å²) in [6, 6.07) is 17.2. The first-order chi connectivity index (χ1) is 28.7. The number of amides is 1. The second-order valence-corrected chi connectivity index (χ2v) is 20.4. The van der Waals surface area contributed by atoms with Crippen molar-refractivity contribution < 1.29 is 33.8 Å². The van der Waals surface area contributed by atoms with Gasteiger partial charge in [0.1, 0.15) is 5.82 Å². The molecule has 3 aromatic heterocycles. The molecule has 0 spiro atoms. The van der Waals surface area contributed by atoms with Crippen molar-refractivity contribution in [1.82, 2.24) is 25.1 Å². The van der Waals surface area contributed by atoms with Crippen LogP contribution in [0.4, 0.5) is 10.9 Å². The summed E-state index contributed by atoms with van der Waals surface area (Å²) in [6.45, 7) is 10.1. The van der Waals surface area contributed by atoms with E-state index in [4.69, 9.17) is 24.6 Å². The predicted octanol–water partition coefficient (Wildman–Crippen LogP) is 7.53. The zero-order valence-corrected chi connectivity index (χ0v) is 36.1. The summed E-state index contributed by atoms with van der Waals surface area (Å²) in [5, 5.41) is 22.2. The second-order valence-electron chi connectivity index (χ2n) is 17.6. The van der Waals surface area contributed by atoms with Crippen LogP contribution in [0.15, 0.2) is 60.8 Å². The summed E-state index contributed by atoms with van der Waals surface area (Å²) < 4.78 is 20.7. The number of benzene rings is 2. The Morgan fingerprint density at radius 3 is 2.65 bits per heavy atom. The minimum Gasteiger partial charge on any atom is -0.476 e. The van der Waals surface area contributed by atoms with Gasteiger partial charge in [-0.2, -0.15) is 5.10 Å². The van der Waals surface area contributed by atoms with E-state index in [-0.39, 0.29) is 34.7 Å². The minimum atomic E-state index is -3.98. The van der Waals surface area contributed by atoms with Crippen LogP contribution in [0.1, 0.15) is 90.0 Å². The molecular formula is C44H54N7O7PS. The highest BCUT2D eigenvalue weighted by atomic mass is 32.1. The van der Waals surface area contributed by atoms with Crippen molar-refractivity contribution in [1.29, 1.82) is 0 Å². The smallest absolute Gasteiger partial charge is 0.355 e. The van der Waals surface area contributed by atoms with Gasteiger partial charge in [-0.3, -0.25) is 19.4 Å². The number of pyridine rings is 1. The standard InChI is InChI=1S/C44H54N7O7PS/c1-28-20-43(3)22-31(58-18-16-45-15-7-19-59(55,56)57)23-44(21-28,26-43)27-51-29(2)34(24-46-51)32-12-13-38(48-39(32)41(53)54)50-17-14-30-8-6-9-33(35(30)25-50)40(52)49-42-47-36-10-4-5-11-37(36)60-42/h4-6,8-13,24,28,31,45H,7,14-23,25-27H2,1-3H3,(H,53,54)(H,47,49,52)(H2,55,56,57). The number of carboxylic acid groups (broad SMARTS) is 1. The molecule has 2 saturated carbocycles. The Morgan fingerprint density at radius 1 is 1.02 bits per heavy atom. The van der Waals surface area contributed by atoms with Crippen molar-refractivity contribution in [3.05, 3.63) is 88.9 Å². The number of hydrogen-bond donors (Lipinski definition) is 5. The van der Waals surface area contributed by atoms with Gasteiger partial charge in [0.25, 0.3) is 5.91 Å². The molecule has 4 unspecified atom stereocenters. The van der Waals surface area contributed by atoms with Gasteiger partial charge in [-0.15, -0.1) is 0 Å². The van der Waals surface area contributed by atoms with E-state index in [9.17, 15) is 19.3 Å². The van der Waals surface area contributed by atoms with Gasteiger partial charge >= 0.3 is 13.6 Å². The molecule has 16 heteroatoms. The van der Waals surface area contributed by atoms with Crippen molar-refractivity contribution >= 4 is 52.0 Å². The van der Waals surface area contributed by atoms with Crippen LogP contribution in [0, 0.1) is 23.7 Å². The number of anilines is 2. The van der Waals surface area contributed by atoms with Gasteiger partial charge in [-0.25, -0.2) is 14.8 Å². The lowest BCUT2D eigenvalue weighted by atomic mass is 9.52. The lowest BCUT2D eigenvalue weighted by Crippen LogP contribution is -2.49. The summed E-state index contributed by atoms with van der Waals surface area (Å²) in [5.74, 6) is -0.267. The second kappa shape index (κ2) is 17.1. The van der Waals surface area contributed by atoms with E-state index < -0.39 is 13.6 Å². The third kappa shape index (κ3) is 9.36. The lowest BCUT2D eigenvalue weighted by Gasteiger charge is -2.55. The van der Waals surface area contributed by atoms with E-state index in [2.05, 4.69) is 29.5 Å². The molecule has 3 aliphatic rings. The fourth-order valence-corrected chi connectivity index (χ4v) is 12.0. The minimum absolute atomic E-state index is 0.0351. The average Bonchev–Trinajstić information content (AvgIpc) is 3.77. The van der Waals surface area contributed by atoms with Gasteiger partial charge in [0, 0.05) is 48.6 Å². The molecule has 2 bridgehead atoms. The lowest BCUT2D eigenvalue weighted by molar-refractivity contribution is -0.109. The van der Waals surface area contributed by atoms with Crippen LogP contribution in [-0.4, -0.2) is 85.0 Å². The number of hydrogen-bond acceptors (Lipinski definition) is 10. The van der Waals surface area contributed by atoms with Crippen molar-refractivity contribution in [2.45, 2.75) is 84.9 Å². The molecule has 2 aliphatic carbocycles. The molecule has 2 aromatic carbocycles. The Balaban J connectivity index is 0.968. The molecule has 5 aromatic rings. The summed E-state index contributed by atoms with van der Waals surface area (Å²) in [5.41, 5.74) is 5.55. The molecule has 5 N–H and O–H groups in total. The fraction of sp³-hybridized carbons (Fsp3) is 0.477. The largest absolute Gasteiger partial charge is 0.476 e. The number of carboxylic acids is 1. The van der Waals surface area contributed by atoms with Gasteiger partial charge < -0.3 is 29.8 Å². The number of fused-ring (bicyclic) bond motifs is 4. The molecule has 60 heavy (non-hydrogen) atoms. The van der Waals surface area contributed by atoms with Crippen LogP contribution in [0.3, 0.4) is 0 Å². The summed E-state index contributed by atoms with van der Waals surface area (Å²) in [7, 11) is -3.98. The molecule has 1 aliphatic heterocycles. The third-order valence-corrected chi connectivity index (χ3v) is 14.4. The monoisotopic (exact) mass is 855 g/mol. The van der Waals surface area contributed by atoms with E-state index in [1.165, 1.54) is 11.3 Å². The Bertz CT molecular complexity index is 2420. The van der Waals surface area contributed by atoms with Crippen LogP contribution in [0.5, 0.6) is 0 Å². The molecule has 2 fully saturated rings. The number of carbonyl (C=O) groups excluding carboxylic acids is 1. The number of aromatic carboxylic acids is 1. The fourth-order valence-electron chi connectivity index (χ4n) is 10.5. The van der Waals surface area contributed by atoms with Crippen molar-refractivity contribution in [2.75, 3.05) is 42.6 Å². The number of nitrogens with zero attached hydrogens (tertiary/aromatic N) is 5. The van der Waals surface area contributed by atoms with Gasteiger partial charge in [0.05, 0.1) is 35.3 Å². The van der Waals surface area contributed by atoms with Crippen molar-refractivity contribution in [3.8, 4) is 11.1 Å². The zero-order valence-electron chi connectivity index (χ0n) is 34.4. The maximum Gasteiger partial charge on any atom is 0.355 e. The van der Waals surface area contributed by atoms with Crippen LogP contribution < -0.4 is 15.5 Å². The topological polar surface area (TPSA) is 192 Å². The Labute approximate surface area is 353 Å². The molecule has 4 heterocycles. The summed E-state index contributed by atoms with van der Waals surface area (Å²) >= 11 is 1.43. The van der Waals surface area contributed by atoms with E-state index >= 15 is 0 Å². The quantitative estimate of drug-likeness (QED) is 0.0515. The molecule has 318 valence electrons. The summed E-state index contributed by atoms with van der Waals surface area (Å²) in [6.07, 6.45) is 7.98. The highest BCUT2D eigenvalue weighted by molar-refractivity contribution is 7.51. The average molecular weight is 856 g/mol. The van der Waals surface area contributed by atoms with E-state index in [0.717, 1.165) is 64.7 Å². The Hall–Kier alpha value is -4.50. The first-order valence-electron chi connectivity index (χ1n) is 20.8. The zero-order chi connectivity index (χ0) is 42.2. The Kier molecular flexibility index (Phi) is 12.0. The first kappa shape index (κ1) is 42.2. The van der Waals surface area contributed by atoms with Gasteiger partial charge in [0.2, 0.25) is 0 Å². The van der Waals surface area contributed by atoms with Gasteiger partial charge in [-0.05, 0) is 117 Å². The normalized spacial score (nSPS) is 22.8. The van der Waals surface area contributed by atoms with Crippen molar-refractivity contribution in [3.63, 3.8) is 0 Å². The van der Waals surface area contributed by atoms with Crippen molar-refractivity contribution in [2.24, 2.45) is 16.7 Å². The third-order valence-electron chi connectivity index (χ3n) is 12.6. The number of nitrogens with one attached hydrogen (secondary N) is 2. The molecular weight excluding hydrogens is 802 g/mol. The highest BCUT2D eigenvalue weighted by Crippen LogP contribution is 2.58. The molecule has 14 nitrogen and oxygen atoms in total. The van der Waals surface area contributed by atoms with Crippen LogP contribution in [0.2, 0.25) is 0 Å². The number of rotatable bonds is 15. The van der Waals surface area contributed by atoms with E-state index in [1.807, 2.05) is 71.1 Å². The van der Waals surface area contributed by atoms with Gasteiger partial charge in [0.15, 0.2) is 10.8 Å². The predicted molar refractivity (Wildman–Crippen MR) is 233 cm³/mol. The van der Waals surface area contributed by atoms with E-state index in [1.54, 1.807) is 6.20 Å². The summed E-state index contributed by atoms with van der Waals surface area (Å²) in [4.78, 5) is 56.1. The Morgan fingerprint density at radius 2 is 1.85 bits per heavy atom. The number of para-hydroxylation sites is 1.